The van der Waals surface area contributed by atoms with Gasteiger partial charge in [0.25, 0.3) is 0 Å². The fraction of sp³-hybridized carbons (Fsp3) is 0.647. The number of halogens is 1. The molecule has 1 N–H and O–H groups in total. The van der Waals surface area contributed by atoms with Crippen LogP contribution in [0.4, 0.5) is 5.69 Å². The topological polar surface area (TPSA) is 15.3 Å². The molecular formula is C17H27ClN2. The van der Waals surface area contributed by atoms with Gasteiger partial charge in [-0.2, -0.15) is 0 Å². The summed E-state index contributed by atoms with van der Waals surface area (Å²) >= 11 is 6.47. The molecule has 1 aliphatic rings. The highest BCUT2D eigenvalue weighted by Gasteiger charge is 2.36. The minimum Gasteiger partial charge on any atom is -0.364 e. The second-order valence-electron chi connectivity index (χ2n) is 6.69. The van der Waals surface area contributed by atoms with Gasteiger partial charge in [0.15, 0.2) is 0 Å². The summed E-state index contributed by atoms with van der Waals surface area (Å²) in [6, 6.07) is 6.82. The van der Waals surface area contributed by atoms with Crippen molar-refractivity contribution >= 4 is 17.3 Å². The number of nitrogens with one attached hydrogen (secondary N) is 1. The molecule has 0 amide bonds. The van der Waals surface area contributed by atoms with Crippen LogP contribution < -0.4 is 10.2 Å². The van der Waals surface area contributed by atoms with Gasteiger partial charge < -0.3 is 10.2 Å². The largest absolute Gasteiger partial charge is 0.364 e. The van der Waals surface area contributed by atoms with Crippen LogP contribution >= 0.6 is 11.6 Å². The molecule has 0 bridgehead atoms. The third-order valence-electron chi connectivity index (χ3n) is 4.62. The number of nitrogens with zero attached hydrogens (tertiary/aromatic N) is 1. The van der Waals surface area contributed by atoms with Gasteiger partial charge in [0.1, 0.15) is 0 Å². The third kappa shape index (κ3) is 3.12. The summed E-state index contributed by atoms with van der Waals surface area (Å²) in [7, 11) is 0. The van der Waals surface area contributed by atoms with Crippen molar-refractivity contribution in [3.8, 4) is 0 Å². The van der Waals surface area contributed by atoms with Gasteiger partial charge in [0.05, 0.1) is 10.7 Å². The van der Waals surface area contributed by atoms with Gasteiger partial charge in [-0.15, -0.1) is 0 Å². The molecule has 0 spiro atoms. The van der Waals surface area contributed by atoms with Crippen LogP contribution in [0, 0.1) is 12.8 Å². The molecule has 2 atom stereocenters. The molecule has 1 aromatic carbocycles. The molecule has 2 rings (SSSR count). The molecule has 1 saturated heterocycles. The lowest BCUT2D eigenvalue weighted by Gasteiger charge is -2.49. The quantitative estimate of drug-likeness (QED) is 0.896. The lowest BCUT2D eigenvalue weighted by Crippen LogP contribution is -2.64. The highest BCUT2D eigenvalue weighted by molar-refractivity contribution is 6.33. The maximum absolute atomic E-state index is 6.47. The maximum atomic E-state index is 6.47. The van der Waals surface area contributed by atoms with Crippen molar-refractivity contribution in [1.82, 2.24) is 5.32 Å². The Morgan fingerprint density at radius 1 is 1.45 bits per heavy atom. The summed E-state index contributed by atoms with van der Waals surface area (Å²) in [5.41, 5.74) is 2.62. The Balaban J connectivity index is 2.39. The van der Waals surface area contributed by atoms with E-state index in [0.29, 0.717) is 12.0 Å². The first kappa shape index (κ1) is 15.7. The van der Waals surface area contributed by atoms with Gasteiger partial charge in [0, 0.05) is 24.7 Å². The van der Waals surface area contributed by atoms with E-state index in [2.05, 4.69) is 57.0 Å². The molecular weight excluding hydrogens is 268 g/mol. The monoisotopic (exact) mass is 294 g/mol. The number of hydrogen-bond acceptors (Lipinski definition) is 2. The SMILES string of the molecule is CCC1(C)CN(c2cc(C)ccc2Cl)C(C(C)C)CN1. The van der Waals surface area contributed by atoms with Crippen LogP contribution in [0.15, 0.2) is 18.2 Å². The van der Waals surface area contributed by atoms with Crippen molar-refractivity contribution in [1.29, 1.82) is 0 Å². The van der Waals surface area contributed by atoms with Crippen LogP contribution in [0.3, 0.4) is 0 Å². The Bertz CT molecular complexity index is 472. The average molecular weight is 295 g/mol. The number of piperazine rings is 1. The maximum Gasteiger partial charge on any atom is 0.0639 e. The summed E-state index contributed by atoms with van der Waals surface area (Å²) in [6.45, 7) is 13.3. The van der Waals surface area contributed by atoms with E-state index in [1.807, 2.05) is 6.07 Å². The van der Waals surface area contributed by atoms with Gasteiger partial charge in [0.2, 0.25) is 0 Å². The predicted octanol–water partition coefficient (Wildman–Crippen LogP) is 4.25. The fourth-order valence-electron chi connectivity index (χ4n) is 2.95. The Kier molecular flexibility index (Phi) is 4.66. The first-order valence-electron chi connectivity index (χ1n) is 7.64. The second-order valence-corrected chi connectivity index (χ2v) is 7.10. The highest BCUT2D eigenvalue weighted by atomic mass is 35.5. The predicted molar refractivity (Wildman–Crippen MR) is 88.9 cm³/mol. The molecule has 3 heteroatoms. The Hall–Kier alpha value is -0.730. The van der Waals surface area contributed by atoms with Gasteiger partial charge in [-0.25, -0.2) is 0 Å². The number of aryl methyl sites for hydroxylation is 1. The van der Waals surface area contributed by atoms with E-state index in [-0.39, 0.29) is 5.54 Å². The molecule has 1 aliphatic heterocycles. The first-order chi connectivity index (χ1) is 9.36. The van der Waals surface area contributed by atoms with Gasteiger partial charge in [-0.05, 0) is 43.9 Å². The van der Waals surface area contributed by atoms with Crippen LogP contribution in [0.5, 0.6) is 0 Å². The van der Waals surface area contributed by atoms with Gasteiger partial charge in [-0.1, -0.05) is 38.4 Å². The second kappa shape index (κ2) is 5.95. The summed E-state index contributed by atoms with van der Waals surface area (Å²) < 4.78 is 0. The molecule has 0 aliphatic carbocycles. The first-order valence-corrected chi connectivity index (χ1v) is 8.02. The standard InChI is InChI=1S/C17H27ClN2/c1-6-17(5)11-20(16(10-19-17)12(2)3)15-9-13(4)7-8-14(15)18/h7-9,12,16,19H,6,10-11H2,1-5H3. The molecule has 1 fully saturated rings. The summed E-state index contributed by atoms with van der Waals surface area (Å²) in [6.07, 6.45) is 1.12. The zero-order valence-electron chi connectivity index (χ0n) is 13.3. The molecule has 1 heterocycles. The molecule has 20 heavy (non-hydrogen) atoms. The van der Waals surface area contributed by atoms with Gasteiger partial charge >= 0.3 is 0 Å². The zero-order valence-corrected chi connectivity index (χ0v) is 14.1. The molecule has 0 aromatic heterocycles. The van der Waals surface area contributed by atoms with E-state index in [9.17, 15) is 0 Å². The Morgan fingerprint density at radius 2 is 2.15 bits per heavy atom. The average Bonchev–Trinajstić information content (AvgIpc) is 2.41. The van der Waals surface area contributed by atoms with Crippen LogP contribution in [0.1, 0.15) is 39.7 Å². The van der Waals surface area contributed by atoms with E-state index in [1.54, 1.807) is 0 Å². The lowest BCUT2D eigenvalue weighted by atomic mass is 9.89. The molecule has 2 unspecified atom stereocenters. The van der Waals surface area contributed by atoms with Crippen molar-refractivity contribution in [2.24, 2.45) is 5.92 Å². The number of benzene rings is 1. The molecule has 0 radical (unpaired) electrons. The zero-order chi connectivity index (χ0) is 14.9. The smallest absolute Gasteiger partial charge is 0.0639 e. The number of hydrogen-bond donors (Lipinski definition) is 1. The fourth-order valence-corrected chi connectivity index (χ4v) is 3.18. The van der Waals surface area contributed by atoms with Gasteiger partial charge in [-0.3, -0.25) is 0 Å². The van der Waals surface area contributed by atoms with E-state index in [0.717, 1.165) is 24.5 Å². The third-order valence-corrected chi connectivity index (χ3v) is 4.94. The molecule has 112 valence electrons. The van der Waals surface area contributed by atoms with E-state index >= 15 is 0 Å². The number of rotatable bonds is 3. The van der Waals surface area contributed by atoms with Crippen LogP contribution in [-0.2, 0) is 0 Å². The minimum atomic E-state index is 0.165. The summed E-state index contributed by atoms with van der Waals surface area (Å²) in [4.78, 5) is 2.51. The number of anilines is 1. The van der Waals surface area contributed by atoms with Crippen molar-refractivity contribution < 1.29 is 0 Å². The molecule has 2 nitrogen and oxygen atoms in total. The lowest BCUT2D eigenvalue weighted by molar-refractivity contribution is 0.253. The van der Waals surface area contributed by atoms with E-state index < -0.39 is 0 Å². The molecule has 1 aromatic rings. The van der Waals surface area contributed by atoms with Crippen molar-refractivity contribution in [2.75, 3.05) is 18.0 Å². The van der Waals surface area contributed by atoms with Crippen molar-refractivity contribution in [2.45, 2.75) is 52.6 Å². The Morgan fingerprint density at radius 3 is 2.75 bits per heavy atom. The van der Waals surface area contributed by atoms with Crippen molar-refractivity contribution in [3.05, 3.63) is 28.8 Å². The van der Waals surface area contributed by atoms with E-state index in [4.69, 9.17) is 11.6 Å². The minimum absolute atomic E-state index is 0.165. The normalized spacial score (nSPS) is 27.1. The van der Waals surface area contributed by atoms with Crippen LogP contribution in [0.2, 0.25) is 5.02 Å². The van der Waals surface area contributed by atoms with Crippen LogP contribution in [0.25, 0.3) is 0 Å². The van der Waals surface area contributed by atoms with Crippen LogP contribution in [-0.4, -0.2) is 24.7 Å². The molecule has 0 saturated carbocycles. The van der Waals surface area contributed by atoms with E-state index in [1.165, 1.54) is 11.3 Å². The summed E-state index contributed by atoms with van der Waals surface area (Å²) in [5.74, 6) is 0.598. The Labute approximate surface area is 128 Å². The van der Waals surface area contributed by atoms with Crippen molar-refractivity contribution in [3.63, 3.8) is 0 Å². The summed E-state index contributed by atoms with van der Waals surface area (Å²) in [5, 5.41) is 4.59. The highest BCUT2D eigenvalue weighted by Crippen LogP contribution is 2.33.